The number of rotatable bonds is 12. The van der Waals surface area contributed by atoms with Crippen LogP contribution in [0.25, 0.3) is 0 Å². The SMILES string of the molecule is CCc1c(CN)c(CC)c(CNC(=O)CCC(=O)NCC2=CC=C[N+](=O)C2=C2C=CC=CN2[O-])c(CC)c1CN. The Kier molecular flexibility index (Phi) is 11.1. The van der Waals surface area contributed by atoms with Crippen LogP contribution in [0.2, 0.25) is 0 Å². The number of hydrogen-bond donors (Lipinski definition) is 4. The number of allylic oxidation sites excluding steroid dienone is 5. The Morgan fingerprint density at radius 1 is 0.825 bits per heavy atom. The summed E-state index contributed by atoms with van der Waals surface area (Å²) >= 11 is 0. The number of nitrogens with one attached hydrogen (secondary N) is 2. The molecule has 0 aromatic heterocycles. The zero-order valence-electron chi connectivity index (χ0n) is 23.6. The molecule has 0 saturated carbocycles. The van der Waals surface area contributed by atoms with Gasteiger partial charge in [0.25, 0.3) is 5.70 Å². The highest BCUT2D eigenvalue weighted by Crippen LogP contribution is 2.30. The average molecular weight is 549 g/mol. The van der Waals surface area contributed by atoms with Crippen molar-refractivity contribution in [2.24, 2.45) is 11.5 Å². The molecule has 0 unspecified atom stereocenters. The molecule has 6 N–H and O–H groups in total. The van der Waals surface area contributed by atoms with E-state index in [0.29, 0.717) is 35.0 Å². The van der Waals surface area contributed by atoms with E-state index < -0.39 is 0 Å². The van der Waals surface area contributed by atoms with E-state index in [-0.39, 0.29) is 42.6 Å². The average Bonchev–Trinajstić information content (AvgIpc) is 2.96. The minimum atomic E-state index is -0.336. The van der Waals surface area contributed by atoms with Crippen LogP contribution in [0, 0.1) is 10.1 Å². The summed E-state index contributed by atoms with van der Waals surface area (Å²) < 4.78 is 0.604. The van der Waals surface area contributed by atoms with Gasteiger partial charge in [0.15, 0.2) is 0 Å². The number of nitrogens with two attached hydrogens (primary N) is 2. The largest absolute Gasteiger partial charge is 0.754 e. The maximum atomic E-state index is 12.7. The van der Waals surface area contributed by atoms with Crippen molar-refractivity contribution < 1.29 is 14.3 Å². The van der Waals surface area contributed by atoms with Crippen molar-refractivity contribution >= 4 is 11.8 Å². The molecule has 10 nitrogen and oxygen atoms in total. The van der Waals surface area contributed by atoms with Gasteiger partial charge >= 0.3 is 0 Å². The van der Waals surface area contributed by atoms with Gasteiger partial charge in [-0.1, -0.05) is 26.8 Å². The minimum Gasteiger partial charge on any atom is -0.754 e. The summed E-state index contributed by atoms with van der Waals surface area (Å²) in [6.07, 6.45) is 13.1. The van der Waals surface area contributed by atoms with E-state index >= 15 is 0 Å². The summed E-state index contributed by atoms with van der Waals surface area (Å²) in [6.45, 7) is 7.51. The number of amides is 2. The first-order chi connectivity index (χ1) is 19.3. The molecule has 3 rings (SSSR count). The molecule has 2 heterocycles. The minimum absolute atomic E-state index is 0.0116. The van der Waals surface area contributed by atoms with Gasteiger partial charge in [-0.05, 0) is 77.1 Å². The Labute approximate surface area is 235 Å². The molecule has 0 saturated heterocycles. The molecular formula is C30H40N6O4. The molecule has 0 radical (unpaired) electrons. The zero-order chi connectivity index (χ0) is 29.2. The molecule has 0 bridgehead atoms. The summed E-state index contributed by atoms with van der Waals surface area (Å²) in [4.78, 5) is 37.7. The predicted octanol–water partition coefficient (Wildman–Crippen LogP) is 3.13. The van der Waals surface area contributed by atoms with Crippen LogP contribution in [0.5, 0.6) is 0 Å². The maximum Gasteiger partial charge on any atom is 0.290 e. The smallest absolute Gasteiger partial charge is 0.290 e. The fraction of sp³-hybridized carbons (Fsp3) is 0.400. The highest BCUT2D eigenvalue weighted by Gasteiger charge is 2.28. The lowest BCUT2D eigenvalue weighted by Crippen LogP contribution is -2.31. The second kappa shape index (κ2) is 14.5. The normalized spacial score (nSPS) is 16.4. The van der Waals surface area contributed by atoms with Crippen molar-refractivity contribution in [3.8, 4) is 0 Å². The maximum absolute atomic E-state index is 12.7. The second-order valence-corrected chi connectivity index (χ2v) is 9.51. The molecule has 0 spiro atoms. The highest BCUT2D eigenvalue weighted by molar-refractivity contribution is 5.84. The van der Waals surface area contributed by atoms with Gasteiger partial charge in [-0.15, -0.1) is 0 Å². The summed E-state index contributed by atoms with van der Waals surface area (Å²) in [5.41, 5.74) is 20.0. The van der Waals surface area contributed by atoms with Crippen molar-refractivity contribution in [2.75, 3.05) is 6.54 Å². The Hall–Kier alpha value is -3.86. The fourth-order valence-corrected chi connectivity index (χ4v) is 5.43. The summed E-state index contributed by atoms with van der Waals surface area (Å²) in [5, 5.41) is 18.5. The lowest BCUT2D eigenvalue weighted by atomic mass is 9.83. The molecule has 2 aliphatic rings. The first-order valence-electron chi connectivity index (χ1n) is 13.8. The number of hydroxylamine groups is 2. The van der Waals surface area contributed by atoms with Gasteiger partial charge in [0.05, 0.1) is 10.3 Å². The Bertz CT molecular complexity index is 1270. The molecule has 0 atom stereocenters. The molecular weight excluding hydrogens is 508 g/mol. The van der Waals surface area contributed by atoms with Crippen molar-refractivity contribution in [3.63, 3.8) is 0 Å². The number of carbonyl (C=O) groups is 2. The van der Waals surface area contributed by atoms with Crippen LogP contribution in [-0.4, -0.2) is 28.2 Å². The molecule has 40 heavy (non-hydrogen) atoms. The molecule has 0 fully saturated rings. The van der Waals surface area contributed by atoms with Gasteiger partial charge in [-0.3, -0.25) is 9.59 Å². The first kappa shape index (κ1) is 30.7. The molecule has 1 aromatic rings. The molecule has 2 aliphatic heterocycles. The summed E-state index contributed by atoms with van der Waals surface area (Å²) in [7, 11) is 0. The third-order valence-electron chi connectivity index (χ3n) is 7.28. The van der Waals surface area contributed by atoms with E-state index in [0.717, 1.165) is 36.0 Å². The molecule has 10 heteroatoms. The topological polar surface area (TPSA) is 157 Å². The van der Waals surface area contributed by atoms with Gasteiger partial charge in [0.2, 0.25) is 18.0 Å². The third-order valence-corrected chi connectivity index (χ3v) is 7.28. The van der Waals surface area contributed by atoms with Crippen LogP contribution in [0.3, 0.4) is 0 Å². The van der Waals surface area contributed by atoms with Gasteiger partial charge in [0, 0.05) is 50.0 Å². The lowest BCUT2D eigenvalue weighted by molar-refractivity contribution is -0.423. The second-order valence-electron chi connectivity index (χ2n) is 9.51. The van der Waals surface area contributed by atoms with Crippen LogP contribution in [-0.2, 0) is 48.5 Å². The van der Waals surface area contributed by atoms with E-state index in [1.807, 2.05) is 0 Å². The predicted molar refractivity (Wildman–Crippen MR) is 156 cm³/mol. The van der Waals surface area contributed by atoms with Crippen LogP contribution >= 0.6 is 0 Å². The fourth-order valence-electron chi connectivity index (χ4n) is 5.43. The Balaban J connectivity index is 1.63. The van der Waals surface area contributed by atoms with Gasteiger partial charge in [-0.25, -0.2) is 0 Å². The van der Waals surface area contributed by atoms with E-state index in [1.165, 1.54) is 29.1 Å². The van der Waals surface area contributed by atoms with E-state index in [1.54, 1.807) is 30.4 Å². The standard InChI is InChI=1S/C30H40N6O4/c1-4-21-24(16-31)22(5-2)26(23(6-3)25(21)17-32)19-34-29(38)13-12-28(37)33-18-20-10-9-15-36(40)30(20)27-11-7-8-14-35(27)39/h7-11,14-15H,4-6,12-13,16-19,31-32H2,1-3H3,(H,33,37)(H,34,38). The Morgan fingerprint density at radius 3 is 1.90 bits per heavy atom. The molecule has 1 aromatic carbocycles. The van der Waals surface area contributed by atoms with Gasteiger partial charge in [-0.2, -0.15) is 0 Å². The molecule has 0 aliphatic carbocycles. The van der Waals surface area contributed by atoms with Crippen molar-refractivity contribution in [1.29, 1.82) is 0 Å². The number of benzene rings is 1. The van der Waals surface area contributed by atoms with Crippen LogP contribution < -0.4 is 22.1 Å². The number of hydrogen-bond acceptors (Lipinski definition) is 7. The zero-order valence-corrected chi connectivity index (χ0v) is 23.6. The summed E-state index contributed by atoms with van der Waals surface area (Å²) in [6, 6.07) is 0. The number of carbonyl (C=O) groups excluding carboxylic acids is 2. The Morgan fingerprint density at radius 2 is 1.38 bits per heavy atom. The van der Waals surface area contributed by atoms with E-state index in [4.69, 9.17) is 11.5 Å². The quantitative estimate of drug-likeness (QED) is 0.292. The van der Waals surface area contributed by atoms with E-state index in [2.05, 4.69) is 31.4 Å². The van der Waals surface area contributed by atoms with Crippen molar-refractivity contribution in [1.82, 2.24) is 15.7 Å². The van der Waals surface area contributed by atoms with Crippen molar-refractivity contribution in [3.05, 3.63) is 103 Å². The molecule has 2 amide bonds. The van der Waals surface area contributed by atoms with Gasteiger partial charge in [0.1, 0.15) is 5.70 Å². The third kappa shape index (κ3) is 6.82. The molecule has 214 valence electrons. The first-order valence-corrected chi connectivity index (χ1v) is 13.8. The van der Waals surface area contributed by atoms with Crippen LogP contribution in [0.1, 0.15) is 67.0 Å². The summed E-state index contributed by atoms with van der Waals surface area (Å²) in [5.74, 6) is -0.575. The van der Waals surface area contributed by atoms with Crippen molar-refractivity contribution in [2.45, 2.75) is 72.5 Å². The van der Waals surface area contributed by atoms with Crippen LogP contribution in [0.4, 0.5) is 0 Å². The monoisotopic (exact) mass is 548 g/mol. The van der Waals surface area contributed by atoms with Crippen LogP contribution in [0.15, 0.2) is 59.7 Å². The highest BCUT2D eigenvalue weighted by atomic mass is 16.5. The van der Waals surface area contributed by atoms with E-state index in [9.17, 15) is 19.7 Å². The van der Waals surface area contributed by atoms with Gasteiger partial charge < -0.3 is 32.4 Å². The number of nitroso groups, excluding NO2 is 1. The lowest BCUT2D eigenvalue weighted by Gasteiger charge is -2.29. The number of nitrogens with zero attached hydrogens (tertiary/aromatic N) is 2.